The number of hydrogen-bond donors (Lipinski definition) is 0. The van der Waals surface area contributed by atoms with Crippen LogP contribution in [0.4, 0.5) is 5.69 Å². The van der Waals surface area contributed by atoms with E-state index in [0.29, 0.717) is 5.69 Å². The summed E-state index contributed by atoms with van der Waals surface area (Å²) in [5, 5.41) is 2.12. The maximum Gasteiger partial charge on any atom is 0.187 e. The minimum Gasteiger partial charge on any atom is -0.455 e. The van der Waals surface area contributed by atoms with Crippen molar-refractivity contribution in [2.24, 2.45) is 0 Å². The third kappa shape index (κ3) is 6.42. The molecule has 266 valence electrons. The fourth-order valence-corrected chi connectivity index (χ4v) is 7.71. The van der Waals surface area contributed by atoms with Crippen LogP contribution >= 0.6 is 0 Å². The molecular formula is C52H32N4O. The standard InChI is InChI=1S/C52H32N4O/c1-53-46-19-17-34(18-20-46)35-8-2-9-36(24-35)47-13-3-15-49-50-16-4-14-48(52(50)57-51(47)49)45-29-42(39-12-7-23-56-33-39)28-44(30-45)43-26-40(37-10-5-21-54-31-37)25-41(27-43)38-11-6-22-55-32-38/h2-33H. The van der Waals surface area contributed by atoms with Gasteiger partial charge in [0.15, 0.2) is 5.69 Å². The van der Waals surface area contributed by atoms with Gasteiger partial charge >= 0.3 is 0 Å². The van der Waals surface area contributed by atoms with Gasteiger partial charge in [0.05, 0.1) is 6.57 Å². The van der Waals surface area contributed by atoms with Gasteiger partial charge in [0, 0.05) is 75.8 Å². The second-order valence-electron chi connectivity index (χ2n) is 14.0. The molecule has 0 saturated carbocycles. The van der Waals surface area contributed by atoms with Gasteiger partial charge in [-0.1, -0.05) is 97.1 Å². The van der Waals surface area contributed by atoms with Crippen molar-refractivity contribution in [2.75, 3.05) is 0 Å². The molecule has 10 rings (SSSR count). The summed E-state index contributed by atoms with van der Waals surface area (Å²) in [7, 11) is 0. The van der Waals surface area contributed by atoms with Crippen LogP contribution in [-0.2, 0) is 0 Å². The Hall–Kier alpha value is -7.94. The molecule has 5 heteroatoms. The summed E-state index contributed by atoms with van der Waals surface area (Å²) in [5.41, 5.74) is 17.0. The van der Waals surface area contributed by atoms with Crippen molar-refractivity contribution >= 4 is 27.6 Å². The van der Waals surface area contributed by atoms with Gasteiger partial charge in [-0.05, 0) is 111 Å². The molecule has 0 aliphatic heterocycles. The van der Waals surface area contributed by atoms with E-state index in [4.69, 9.17) is 11.0 Å². The third-order valence-electron chi connectivity index (χ3n) is 10.5. The summed E-state index contributed by atoms with van der Waals surface area (Å²) in [6.45, 7) is 7.34. The van der Waals surface area contributed by atoms with E-state index in [-0.39, 0.29) is 0 Å². The Morgan fingerprint density at radius 1 is 0.351 bits per heavy atom. The number of rotatable bonds is 7. The molecule has 0 N–H and O–H groups in total. The molecule has 0 amide bonds. The molecule has 0 unspecified atom stereocenters. The van der Waals surface area contributed by atoms with Gasteiger partial charge in [-0.2, -0.15) is 0 Å². The molecule has 0 radical (unpaired) electrons. The second kappa shape index (κ2) is 14.4. The Bertz CT molecular complexity index is 3050. The summed E-state index contributed by atoms with van der Waals surface area (Å²) in [6, 6.07) is 54.7. The number of nitrogens with zero attached hydrogens (tertiary/aromatic N) is 4. The van der Waals surface area contributed by atoms with Gasteiger partial charge in [0.25, 0.3) is 0 Å². The number of hydrogen-bond acceptors (Lipinski definition) is 4. The first-order valence-corrected chi connectivity index (χ1v) is 18.7. The number of aromatic nitrogens is 3. The molecule has 0 aliphatic carbocycles. The predicted molar refractivity (Wildman–Crippen MR) is 231 cm³/mol. The normalized spacial score (nSPS) is 11.1. The highest BCUT2D eigenvalue weighted by Crippen LogP contribution is 2.43. The zero-order valence-corrected chi connectivity index (χ0v) is 30.7. The minimum atomic E-state index is 0.628. The van der Waals surface area contributed by atoms with Crippen molar-refractivity contribution in [1.82, 2.24) is 15.0 Å². The van der Waals surface area contributed by atoms with Crippen LogP contribution in [0, 0.1) is 6.57 Å². The van der Waals surface area contributed by atoms with Gasteiger partial charge in [-0.15, -0.1) is 0 Å². The zero-order valence-electron chi connectivity index (χ0n) is 30.7. The lowest BCUT2D eigenvalue weighted by atomic mass is 9.90. The monoisotopic (exact) mass is 728 g/mol. The van der Waals surface area contributed by atoms with Gasteiger partial charge in [0.2, 0.25) is 0 Å². The Balaban J connectivity index is 1.15. The van der Waals surface area contributed by atoms with Crippen LogP contribution < -0.4 is 0 Å². The first-order chi connectivity index (χ1) is 28.2. The number of benzene rings is 6. The zero-order chi connectivity index (χ0) is 38.1. The molecule has 0 fully saturated rings. The Kier molecular flexibility index (Phi) is 8.48. The highest BCUT2D eigenvalue weighted by Gasteiger charge is 2.18. The number of para-hydroxylation sites is 2. The van der Waals surface area contributed by atoms with E-state index in [1.165, 1.54) is 0 Å². The number of fused-ring (bicyclic) bond motifs is 3. The Labute approximate surface area is 330 Å². The van der Waals surface area contributed by atoms with Crippen LogP contribution in [-0.4, -0.2) is 15.0 Å². The SMILES string of the molecule is [C-]#[N+]c1ccc(-c2cccc(-c3cccc4c3oc3c(-c5cc(-c6cccnc6)cc(-c6cc(-c7cccnc7)cc(-c7cccnc7)c6)c5)cccc34)c2)cc1. The van der Waals surface area contributed by atoms with Crippen LogP contribution in [0.5, 0.6) is 0 Å². The van der Waals surface area contributed by atoms with Crippen molar-refractivity contribution in [3.63, 3.8) is 0 Å². The first-order valence-electron chi connectivity index (χ1n) is 18.7. The first kappa shape index (κ1) is 33.6. The van der Waals surface area contributed by atoms with Crippen LogP contribution in [0.3, 0.4) is 0 Å². The highest BCUT2D eigenvalue weighted by molar-refractivity contribution is 6.13. The summed E-state index contributed by atoms with van der Waals surface area (Å²) >= 11 is 0. The molecule has 4 heterocycles. The number of furan rings is 1. The van der Waals surface area contributed by atoms with Crippen molar-refractivity contribution in [3.05, 3.63) is 206 Å². The van der Waals surface area contributed by atoms with E-state index >= 15 is 0 Å². The van der Waals surface area contributed by atoms with Gasteiger partial charge in [-0.25, -0.2) is 4.85 Å². The smallest absolute Gasteiger partial charge is 0.187 e. The van der Waals surface area contributed by atoms with E-state index in [0.717, 1.165) is 99.8 Å². The van der Waals surface area contributed by atoms with Crippen molar-refractivity contribution < 1.29 is 4.42 Å². The van der Waals surface area contributed by atoms with E-state index in [1.807, 2.05) is 61.1 Å². The van der Waals surface area contributed by atoms with Crippen molar-refractivity contribution in [1.29, 1.82) is 0 Å². The maximum absolute atomic E-state index is 7.34. The van der Waals surface area contributed by atoms with Crippen LogP contribution in [0.25, 0.3) is 105 Å². The van der Waals surface area contributed by atoms with E-state index in [2.05, 4.69) is 135 Å². The molecule has 0 bridgehead atoms. The average molecular weight is 729 g/mol. The molecule has 4 aromatic heterocycles. The van der Waals surface area contributed by atoms with Crippen molar-refractivity contribution in [2.45, 2.75) is 0 Å². The molecule has 5 nitrogen and oxygen atoms in total. The largest absolute Gasteiger partial charge is 0.455 e. The van der Waals surface area contributed by atoms with Crippen molar-refractivity contribution in [3.8, 4) is 77.9 Å². The average Bonchev–Trinajstić information content (AvgIpc) is 3.69. The molecule has 0 saturated heterocycles. The van der Waals surface area contributed by atoms with E-state index in [9.17, 15) is 0 Å². The predicted octanol–water partition coefficient (Wildman–Crippen LogP) is 14.0. The molecule has 0 spiro atoms. The number of pyridine rings is 3. The van der Waals surface area contributed by atoms with Gasteiger partial charge in [-0.3, -0.25) is 15.0 Å². The topological polar surface area (TPSA) is 56.2 Å². The minimum absolute atomic E-state index is 0.628. The lowest BCUT2D eigenvalue weighted by Crippen LogP contribution is -1.90. The molecule has 10 aromatic rings. The molecule has 57 heavy (non-hydrogen) atoms. The molecular weight excluding hydrogens is 697 g/mol. The van der Waals surface area contributed by atoms with Crippen LogP contribution in [0.15, 0.2) is 199 Å². The van der Waals surface area contributed by atoms with E-state index < -0.39 is 0 Å². The molecule has 0 atom stereocenters. The lowest BCUT2D eigenvalue weighted by Gasteiger charge is -2.14. The summed E-state index contributed by atoms with van der Waals surface area (Å²) in [6.07, 6.45) is 11.1. The quantitative estimate of drug-likeness (QED) is 0.153. The van der Waals surface area contributed by atoms with Gasteiger partial charge < -0.3 is 4.42 Å². The summed E-state index contributed by atoms with van der Waals surface area (Å²) in [4.78, 5) is 16.9. The van der Waals surface area contributed by atoms with E-state index in [1.54, 1.807) is 18.6 Å². The Morgan fingerprint density at radius 2 is 0.754 bits per heavy atom. The fraction of sp³-hybridized carbons (Fsp3) is 0. The Morgan fingerprint density at radius 3 is 1.23 bits per heavy atom. The summed E-state index contributed by atoms with van der Waals surface area (Å²) in [5.74, 6) is 0. The van der Waals surface area contributed by atoms with Gasteiger partial charge in [0.1, 0.15) is 11.2 Å². The fourth-order valence-electron chi connectivity index (χ4n) is 7.71. The molecule has 6 aromatic carbocycles. The second-order valence-corrected chi connectivity index (χ2v) is 14.0. The third-order valence-corrected chi connectivity index (χ3v) is 10.5. The molecule has 0 aliphatic rings. The van der Waals surface area contributed by atoms with Crippen LogP contribution in [0.1, 0.15) is 0 Å². The summed E-state index contributed by atoms with van der Waals surface area (Å²) < 4.78 is 6.99. The lowest BCUT2D eigenvalue weighted by molar-refractivity contribution is 0.671. The van der Waals surface area contributed by atoms with Crippen LogP contribution in [0.2, 0.25) is 0 Å². The maximum atomic E-state index is 7.34. The highest BCUT2D eigenvalue weighted by atomic mass is 16.3.